The van der Waals surface area contributed by atoms with Gasteiger partial charge in [0.1, 0.15) is 5.75 Å². The molecule has 5 nitrogen and oxygen atoms in total. The third kappa shape index (κ3) is 4.65. The number of carbonyl (C=O) groups excluding carboxylic acids is 1. The number of methoxy groups -OCH3 is 1. The summed E-state index contributed by atoms with van der Waals surface area (Å²) in [5.41, 5.74) is 1.83. The van der Waals surface area contributed by atoms with E-state index in [1.165, 1.54) is 0 Å². The van der Waals surface area contributed by atoms with Gasteiger partial charge in [0.15, 0.2) is 0 Å². The molecule has 0 bridgehead atoms. The van der Waals surface area contributed by atoms with Crippen molar-refractivity contribution in [2.24, 2.45) is 0 Å². The fourth-order valence-electron chi connectivity index (χ4n) is 3.01. The van der Waals surface area contributed by atoms with Crippen molar-refractivity contribution in [3.05, 3.63) is 53.6 Å². The van der Waals surface area contributed by atoms with Crippen molar-refractivity contribution >= 4 is 28.9 Å². The van der Waals surface area contributed by atoms with Crippen molar-refractivity contribution in [3.8, 4) is 5.75 Å². The van der Waals surface area contributed by atoms with E-state index in [9.17, 15) is 4.79 Å². The number of piperazine rings is 1. The maximum absolute atomic E-state index is 12.2. The number of rotatable bonds is 5. The first-order valence-electron chi connectivity index (χ1n) is 8.31. The van der Waals surface area contributed by atoms with E-state index < -0.39 is 0 Å². The number of halogens is 1. The summed E-state index contributed by atoms with van der Waals surface area (Å²) in [6, 6.07) is 15.2. The number of benzene rings is 2. The Labute approximate surface area is 153 Å². The smallest absolute Gasteiger partial charge is 0.238 e. The molecule has 0 aromatic heterocycles. The molecule has 2 aromatic rings. The molecule has 132 valence electrons. The maximum atomic E-state index is 12.2. The highest BCUT2D eigenvalue weighted by molar-refractivity contribution is 6.30. The van der Waals surface area contributed by atoms with Crippen LogP contribution < -0.4 is 15.0 Å². The number of nitrogens with one attached hydrogen (secondary N) is 1. The fourth-order valence-corrected chi connectivity index (χ4v) is 3.20. The average molecular weight is 360 g/mol. The molecule has 1 saturated heterocycles. The summed E-state index contributed by atoms with van der Waals surface area (Å²) < 4.78 is 5.44. The zero-order chi connectivity index (χ0) is 17.6. The van der Waals surface area contributed by atoms with Crippen molar-refractivity contribution < 1.29 is 9.53 Å². The molecular formula is C19H22ClN3O2. The average Bonchev–Trinajstić information content (AvgIpc) is 2.62. The van der Waals surface area contributed by atoms with Crippen molar-refractivity contribution in [2.45, 2.75) is 0 Å². The number of nitrogens with zero attached hydrogens (tertiary/aromatic N) is 2. The molecule has 0 spiro atoms. The fraction of sp³-hybridized carbons (Fsp3) is 0.316. The van der Waals surface area contributed by atoms with E-state index in [1.54, 1.807) is 19.2 Å². The molecule has 0 unspecified atom stereocenters. The molecule has 0 radical (unpaired) electrons. The number of hydrogen-bond acceptors (Lipinski definition) is 4. The van der Waals surface area contributed by atoms with E-state index in [0.717, 1.165) is 43.3 Å². The topological polar surface area (TPSA) is 44.8 Å². The summed E-state index contributed by atoms with van der Waals surface area (Å²) in [6.07, 6.45) is 0. The first kappa shape index (κ1) is 17.6. The van der Waals surface area contributed by atoms with E-state index in [1.807, 2.05) is 30.3 Å². The minimum atomic E-state index is -0.0204. The van der Waals surface area contributed by atoms with Gasteiger partial charge in [0.2, 0.25) is 5.91 Å². The summed E-state index contributed by atoms with van der Waals surface area (Å²) in [6.45, 7) is 3.78. The molecule has 1 N–H and O–H groups in total. The summed E-state index contributed by atoms with van der Waals surface area (Å²) in [7, 11) is 1.69. The molecule has 1 aliphatic heterocycles. The molecule has 6 heteroatoms. The van der Waals surface area contributed by atoms with Gasteiger partial charge in [-0.15, -0.1) is 0 Å². The van der Waals surface area contributed by atoms with Crippen LogP contribution in [0, 0.1) is 0 Å². The standard InChI is InChI=1S/C19H22ClN3O2/c1-25-18-8-3-2-7-17(18)23-11-9-22(10-12-23)14-19(24)21-16-6-4-5-15(20)13-16/h2-8,13H,9-12,14H2,1H3,(H,21,24). The van der Waals surface area contributed by atoms with Crippen molar-refractivity contribution in [3.63, 3.8) is 0 Å². The van der Waals surface area contributed by atoms with Gasteiger partial charge in [-0.1, -0.05) is 29.8 Å². The first-order valence-corrected chi connectivity index (χ1v) is 8.69. The normalized spacial score (nSPS) is 15.0. The zero-order valence-corrected chi connectivity index (χ0v) is 15.0. The number of para-hydroxylation sites is 2. The van der Waals surface area contributed by atoms with Crippen LogP contribution in [0.5, 0.6) is 5.75 Å². The Morgan fingerprint density at radius 2 is 1.88 bits per heavy atom. The van der Waals surface area contributed by atoms with Crippen molar-refractivity contribution in [1.29, 1.82) is 0 Å². The van der Waals surface area contributed by atoms with Gasteiger partial charge >= 0.3 is 0 Å². The van der Waals surface area contributed by atoms with Crippen molar-refractivity contribution in [1.82, 2.24) is 4.90 Å². The largest absolute Gasteiger partial charge is 0.495 e. The third-order valence-electron chi connectivity index (χ3n) is 4.27. The summed E-state index contributed by atoms with van der Waals surface area (Å²) in [5.74, 6) is 0.864. The molecule has 1 amide bonds. The lowest BCUT2D eigenvalue weighted by atomic mass is 10.2. The van der Waals surface area contributed by atoms with Gasteiger partial charge in [0, 0.05) is 36.9 Å². The summed E-state index contributed by atoms with van der Waals surface area (Å²) in [4.78, 5) is 16.7. The third-order valence-corrected chi connectivity index (χ3v) is 4.51. The quantitative estimate of drug-likeness (QED) is 0.891. The van der Waals surface area contributed by atoms with Crippen LogP contribution in [0.15, 0.2) is 48.5 Å². The maximum Gasteiger partial charge on any atom is 0.238 e. The molecule has 25 heavy (non-hydrogen) atoms. The Hall–Kier alpha value is -2.24. The number of hydrogen-bond donors (Lipinski definition) is 1. The van der Waals surface area contributed by atoms with Crippen LogP contribution in [-0.4, -0.2) is 50.6 Å². The highest BCUT2D eigenvalue weighted by Crippen LogP contribution is 2.28. The minimum absolute atomic E-state index is 0.0204. The van der Waals surface area contributed by atoms with Gasteiger partial charge in [-0.05, 0) is 30.3 Å². The molecule has 1 heterocycles. The van der Waals surface area contributed by atoms with Crippen LogP contribution in [0.3, 0.4) is 0 Å². The zero-order valence-electron chi connectivity index (χ0n) is 14.2. The van der Waals surface area contributed by atoms with Gasteiger partial charge in [-0.3, -0.25) is 9.69 Å². The van der Waals surface area contributed by atoms with Crippen LogP contribution >= 0.6 is 11.6 Å². The van der Waals surface area contributed by atoms with E-state index in [2.05, 4.69) is 21.2 Å². The van der Waals surface area contributed by atoms with Crippen LogP contribution in [0.2, 0.25) is 5.02 Å². The lowest BCUT2D eigenvalue weighted by Crippen LogP contribution is -2.48. The second kappa shape index (κ2) is 8.23. The summed E-state index contributed by atoms with van der Waals surface area (Å²) in [5, 5.41) is 3.51. The number of amides is 1. The SMILES string of the molecule is COc1ccccc1N1CCN(CC(=O)Nc2cccc(Cl)c2)CC1. The minimum Gasteiger partial charge on any atom is -0.495 e. The van der Waals surface area contributed by atoms with Crippen LogP contribution in [-0.2, 0) is 4.79 Å². The highest BCUT2D eigenvalue weighted by Gasteiger charge is 2.21. The molecule has 3 rings (SSSR count). The molecule has 1 aliphatic rings. The van der Waals surface area contributed by atoms with E-state index in [-0.39, 0.29) is 5.91 Å². The molecular weight excluding hydrogens is 338 g/mol. The van der Waals surface area contributed by atoms with E-state index in [0.29, 0.717) is 11.6 Å². The van der Waals surface area contributed by atoms with Gasteiger partial charge < -0.3 is 15.0 Å². The predicted octanol–water partition coefficient (Wildman–Crippen LogP) is 3.11. The van der Waals surface area contributed by atoms with Gasteiger partial charge in [-0.2, -0.15) is 0 Å². The van der Waals surface area contributed by atoms with Crippen molar-refractivity contribution in [2.75, 3.05) is 50.1 Å². The van der Waals surface area contributed by atoms with Crippen LogP contribution in [0.25, 0.3) is 0 Å². The lowest BCUT2D eigenvalue weighted by Gasteiger charge is -2.36. The predicted molar refractivity (Wildman–Crippen MR) is 102 cm³/mol. The van der Waals surface area contributed by atoms with Crippen LogP contribution in [0.4, 0.5) is 11.4 Å². The molecule has 2 aromatic carbocycles. The van der Waals surface area contributed by atoms with Gasteiger partial charge in [0.25, 0.3) is 0 Å². The number of ether oxygens (including phenoxy) is 1. The molecule has 0 atom stereocenters. The Kier molecular flexibility index (Phi) is 5.79. The Morgan fingerprint density at radius 3 is 2.60 bits per heavy atom. The first-order chi connectivity index (χ1) is 12.2. The second-order valence-electron chi connectivity index (χ2n) is 5.99. The Balaban J connectivity index is 1.51. The molecule has 0 saturated carbocycles. The molecule has 0 aliphatic carbocycles. The van der Waals surface area contributed by atoms with E-state index >= 15 is 0 Å². The second-order valence-corrected chi connectivity index (χ2v) is 6.43. The molecule has 1 fully saturated rings. The van der Waals surface area contributed by atoms with Gasteiger partial charge in [-0.25, -0.2) is 0 Å². The Morgan fingerprint density at radius 1 is 1.12 bits per heavy atom. The Bertz CT molecular complexity index is 730. The number of carbonyl (C=O) groups is 1. The number of anilines is 2. The highest BCUT2D eigenvalue weighted by atomic mass is 35.5. The van der Waals surface area contributed by atoms with E-state index in [4.69, 9.17) is 16.3 Å². The van der Waals surface area contributed by atoms with Crippen LogP contribution in [0.1, 0.15) is 0 Å². The monoisotopic (exact) mass is 359 g/mol. The summed E-state index contributed by atoms with van der Waals surface area (Å²) >= 11 is 5.94. The van der Waals surface area contributed by atoms with Gasteiger partial charge in [0.05, 0.1) is 19.3 Å². The lowest BCUT2D eigenvalue weighted by molar-refractivity contribution is -0.117.